The van der Waals surface area contributed by atoms with Crippen LogP contribution in [0.4, 0.5) is 0 Å². The average Bonchev–Trinajstić information content (AvgIpc) is 3.21. The Hall–Kier alpha value is -2.84. The molecule has 0 aliphatic carbocycles. The van der Waals surface area contributed by atoms with Gasteiger partial charge in [-0.15, -0.1) is 5.75 Å². The molecule has 13 heteroatoms. The summed E-state index contributed by atoms with van der Waals surface area (Å²) in [4.78, 5) is -0.491. The molecule has 0 spiro atoms. The van der Waals surface area contributed by atoms with Gasteiger partial charge in [0.05, 0.1) is 9.79 Å². The standard InChI is InChI=1S/2C24H34O5S.Ca/c2*1-2-3-4-5-6-7-8-9-10-11-13-22-23(25)14-12-15-24(22)29-20-16-18-21(19-17-20)30(26,27)28;/h2*12,14-19,25H,2-11,13H2,1H3,(H,26,27,28);/q;;+2/p-2. The van der Waals surface area contributed by atoms with Crippen LogP contribution in [0.2, 0.25) is 0 Å². The number of ether oxygens (including phenoxy) is 2. The molecule has 4 aromatic carbocycles. The van der Waals surface area contributed by atoms with Crippen LogP contribution >= 0.6 is 0 Å². The van der Waals surface area contributed by atoms with E-state index >= 15 is 0 Å². The summed E-state index contributed by atoms with van der Waals surface area (Å²) in [5.74, 6) is 2.02. The third-order valence-corrected chi connectivity index (χ3v) is 12.2. The van der Waals surface area contributed by atoms with E-state index in [-0.39, 0.29) is 59.0 Å². The molecule has 0 amide bonds. The average molecular weight is 907 g/mol. The molecule has 0 bridgehead atoms. The summed E-state index contributed by atoms with van der Waals surface area (Å²) < 4.78 is 76.2. The minimum Gasteiger partial charge on any atom is -0.872 e. The van der Waals surface area contributed by atoms with E-state index in [1.54, 1.807) is 30.3 Å². The minimum atomic E-state index is -4.49. The number of unbranched alkanes of at least 4 members (excludes halogenated alkanes) is 18. The van der Waals surface area contributed by atoms with Crippen molar-refractivity contribution in [3.63, 3.8) is 0 Å². The van der Waals surface area contributed by atoms with Crippen LogP contribution in [-0.4, -0.2) is 68.8 Å². The van der Waals surface area contributed by atoms with Gasteiger partial charge in [0.1, 0.15) is 38.9 Å². The monoisotopic (exact) mass is 906 g/mol. The predicted octanol–water partition coefficient (Wildman–Crippen LogP) is 12.4. The quantitative estimate of drug-likeness (QED) is 0.0317. The Labute approximate surface area is 396 Å². The van der Waals surface area contributed by atoms with E-state index in [9.17, 15) is 31.6 Å². The molecule has 10 nitrogen and oxygen atoms in total. The maximum absolute atomic E-state index is 12.3. The summed E-state index contributed by atoms with van der Waals surface area (Å²) in [6.07, 6.45) is 26.2. The normalized spacial score (nSPS) is 11.3. The second-order valence-corrected chi connectivity index (χ2v) is 18.2. The minimum absolute atomic E-state index is 0. The van der Waals surface area contributed by atoms with Crippen molar-refractivity contribution in [3.05, 3.63) is 96.1 Å². The second-order valence-electron chi connectivity index (χ2n) is 15.4. The van der Waals surface area contributed by atoms with Gasteiger partial charge in [-0.05, 0) is 98.0 Å². The fourth-order valence-electron chi connectivity index (χ4n) is 6.97. The topological polar surface area (TPSA) is 173 Å². The number of rotatable bonds is 28. The smallest absolute Gasteiger partial charge is 0.872 e. The molecule has 0 saturated heterocycles. The van der Waals surface area contributed by atoms with Crippen molar-refractivity contribution in [2.75, 3.05) is 0 Å². The molecule has 0 fully saturated rings. The van der Waals surface area contributed by atoms with Crippen LogP contribution in [0.15, 0.2) is 94.7 Å². The Morgan fingerprint density at radius 1 is 0.492 bits per heavy atom. The Kier molecular flexibility index (Phi) is 27.0. The van der Waals surface area contributed by atoms with Crippen molar-refractivity contribution >= 4 is 58.0 Å². The molecule has 0 saturated carbocycles. The van der Waals surface area contributed by atoms with Crippen LogP contribution in [-0.2, 0) is 33.1 Å². The van der Waals surface area contributed by atoms with Gasteiger partial charge in [0.2, 0.25) is 0 Å². The zero-order valence-electron chi connectivity index (χ0n) is 36.3. The molecule has 0 atom stereocenters. The Morgan fingerprint density at radius 2 is 0.852 bits per heavy atom. The number of benzene rings is 4. The van der Waals surface area contributed by atoms with E-state index < -0.39 is 20.2 Å². The summed E-state index contributed by atoms with van der Waals surface area (Å²) in [5, 5.41) is 22.6. The summed E-state index contributed by atoms with van der Waals surface area (Å²) in [6.45, 7) is 4.47. The molecular formula is C48H66CaO10S2. The van der Waals surface area contributed by atoms with E-state index in [1.165, 1.54) is 157 Å². The maximum Gasteiger partial charge on any atom is 2.00 e. The third-order valence-electron chi connectivity index (χ3n) is 10.4. The molecule has 0 unspecified atom stereocenters. The van der Waals surface area contributed by atoms with E-state index in [2.05, 4.69) is 13.8 Å². The summed E-state index contributed by atoms with van der Waals surface area (Å²) in [6, 6.07) is 20.9. The Balaban J connectivity index is 0.000000413. The van der Waals surface area contributed by atoms with E-state index in [0.29, 0.717) is 35.0 Å². The maximum atomic E-state index is 12.3. The molecule has 4 rings (SSSR count). The van der Waals surface area contributed by atoms with Gasteiger partial charge >= 0.3 is 37.7 Å². The summed E-state index contributed by atoms with van der Waals surface area (Å²) >= 11 is 0. The largest absolute Gasteiger partial charge is 2.00 e. The second kappa shape index (κ2) is 30.3. The van der Waals surface area contributed by atoms with E-state index in [0.717, 1.165) is 37.7 Å². The zero-order valence-corrected chi connectivity index (χ0v) is 40.2. The first kappa shape index (κ1) is 54.3. The predicted molar refractivity (Wildman–Crippen MR) is 242 cm³/mol. The fourth-order valence-corrected chi connectivity index (χ4v) is 7.92. The number of phenols is 1. The molecule has 0 radical (unpaired) electrons. The number of hydrogen-bond acceptors (Lipinski definition) is 9. The van der Waals surface area contributed by atoms with Crippen LogP contribution < -0.4 is 14.6 Å². The van der Waals surface area contributed by atoms with Crippen molar-refractivity contribution < 1.29 is 45.6 Å². The van der Waals surface area contributed by atoms with Gasteiger partial charge in [0, 0.05) is 5.56 Å². The van der Waals surface area contributed by atoms with Gasteiger partial charge in [-0.1, -0.05) is 148 Å². The number of phenolic OH excluding ortho intramolecular Hbond substituents is 1. The van der Waals surface area contributed by atoms with Crippen molar-refractivity contribution in [2.24, 2.45) is 0 Å². The van der Waals surface area contributed by atoms with Crippen LogP contribution in [0.3, 0.4) is 0 Å². The molecule has 2 N–H and O–H groups in total. The summed E-state index contributed by atoms with van der Waals surface area (Å²) in [7, 11) is -8.72. The molecule has 0 aliphatic heterocycles. The van der Waals surface area contributed by atoms with Crippen LogP contribution in [0.1, 0.15) is 153 Å². The van der Waals surface area contributed by atoms with Gasteiger partial charge < -0.3 is 24.2 Å². The SMILES string of the molecule is CCCCCCCCCCCCc1c(O)cccc1Oc1ccc(S(=O)(=O)O)cc1.CCCCCCCCCCCCc1c([O-])cccc1Oc1ccc(S(=O)(=O)[O-])cc1.[Ca+2]. The number of hydrogen-bond donors (Lipinski definition) is 2. The first-order valence-corrected chi connectivity index (χ1v) is 24.8. The van der Waals surface area contributed by atoms with Crippen LogP contribution in [0.5, 0.6) is 34.5 Å². The third kappa shape index (κ3) is 21.9. The van der Waals surface area contributed by atoms with Crippen molar-refractivity contribution in [3.8, 4) is 34.5 Å². The van der Waals surface area contributed by atoms with Gasteiger partial charge in [0.15, 0.2) is 0 Å². The van der Waals surface area contributed by atoms with Crippen molar-refractivity contribution in [1.29, 1.82) is 0 Å². The first-order chi connectivity index (χ1) is 28.8. The van der Waals surface area contributed by atoms with Gasteiger partial charge in [-0.25, -0.2) is 8.42 Å². The number of aromatic hydroxyl groups is 1. The molecular weight excluding hydrogens is 841 g/mol. The molecule has 0 aromatic heterocycles. The van der Waals surface area contributed by atoms with E-state index in [4.69, 9.17) is 14.0 Å². The van der Waals surface area contributed by atoms with Gasteiger partial charge in [-0.3, -0.25) is 4.55 Å². The molecule has 332 valence electrons. The van der Waals surface area contributed by atoms with E-state index in [1.807, 2.05) is 0 Å². The molecule has 0 heterocycles. The molecule has 0 aliphatic rings. The zero-order chi connectivity index (χ0) is 43.6. The first-order valence-electron chi connectivity index (χ1n) is 21.9. The van der Waals surface area contributed by atoms with Gasteiger partial charge in [0.25, 0.3) is 10.1 Å². The van der Waals surface area contributed by atoms with Crippen LogP contribution in [0, 0.1) is 0 Å². The van der Waals surface area contributed by atoms with Crippen LogP contribution in [0.25, 0.3) is 0 Å². The molecule has 61 heavy (non-hydrogen) atoms. The Morgan fingerprint density at radius 3 is 1.26 bits per heavy atom. The summed E-state index contributed by atoms with van der Waals surface area (Å²) in [5.41, 5.74) is 1.40. The Bertz CT molecular complexity index is 1870. The fraction of sp³-hybridized carbons (Fsp3) is 0.500. The molecule has 4 aromatic rings. The van der Waals surface area contributed by atoms with Crippen molar-refractivity contribution in [1.82, 2.24) is 0 Å². The van der Waals surface area contributed by atoms with Gasteiger partial charge in [-0.2, -0.15) is 8.42 Å². The van der Waals surface area contributed by atoms with Crippen molar-refractivity contribution in [2.45, 2.75) is 165 Å².